The van der Waals surface area contributed by atoms with Crippen molar-refractivity contribution in [2.45, 2.75) is 6.92 Å². The number of aryl methyl sites for hydroxylation is 1. The largest absolute Gasteiger partial charge is 0.397 e. The maximum Gasteiger partial charge on any atom is 0.136 e. The van der Waals surface area contributed by atoms with E-state index in [0.29, 0.717) is 5.69 Å². The van der Waals surface area contributed by atoms with Crippen molar-refractivity contribution in [1.29, 1.82) is 0 Å². The molecule has 0 aliphatic carbocycles. The van der Waals surface area contributed by atoms with Crippen molar-refractivity contribution < 1.29 is 0 Å². The van der Waals surface area contributed by atoms with E-state index in [2.05, 4.69) is 37.3 Å². The highest BCUT2D eigenvalue weighted by Gasteiger charge is 2.10. The lowest BCUT2D eigenvalue weighted by Gasteiger charge is -2.18. The third-order valence-electron chi connectivity index (χ3n) is 2.27. The Kier molecular flexibility index (Phi) is 3.16. The van der Waals surface area contributed by atoms with Gasteiger partial charge in [-0.3, -0.25) is 0 Å². The Hall–Kier alpha value is -1.07. The summed E-state index contributed by atoms with van der Waals surface area (Å²) in [5.41, 5.74) is 7.46. The highest BCUT2D eigenvalue weighted by molar-refractivity contribution is 9.10. The quantitative estimate of drug-likeness (QED) is 0.921. The lowest BCUT2D eigenvalue weighted by atomic mass is 10.2. The minimum Gasteiger partial charge on any atom is -0.397 e. The molecule has 0 fully saturated rings. The molecule has 5 heteroatoms. The third-order valence-corrected chi connectivity index (χ3v) is 4.04. The SMILES string of the molecule is Cc1cc(N)cnc1N(C)c1cc(Br)cs1. The number of nitrogens with two attached hydrogens (primary N) is 1. The van der Waals surface area contributed by atoms with Gasteiger partial charge in [-0.25, -0.2) is 4.98 Å². The molecule has 0 aromatic carbocycles. The van der Waals surface area contributed by atoms with Crippen LogP contribution in [0.5, 0.6) is 0 Å². The van der Waals surface area contributed by atoms with Crippen LogP contribution in [0.1, 0.15) is 5.56 Å². The summed E-state index contributed by atoms with van der Waals surface area (Å²) in [6, 6.07) is 4.00. The Morgan fingerprint density at radius 2 is 2.19 bits per heavy atom. The monoisotopic (exact) mass is 297 g/mol. The number of halogens is 1. The molecule has 0 saturated heterocycles. The van der Waals surface area contributed by atoms with Gasteiger partial charge in [0.05, 0.1) is 16.9 Å². The lowest BCUT2D eigenvalue weighted by Crippen LogP contribution is -2.11. The first-order chi connectivity index (χ1) is 7.58. The zero-order valence-corrected chi connectivity index (χ0v) is 11.5. The third kappa shape index (κ3) is 2.20. The molecular weight excluding hydrogens is 286 g/mol. The van der Waals surface area contributed by atoms with Crippen LogP contribution in [-0.2, 0) is 0 Å². The Balaban J connectivity index is 2.37. The summed E-state index contributed by atoms with van der Waals surface area (Å²) in [6.07, 6.45) is 1.68. The van der Waals surface area contributed by atoms with Gasteiger partial charge >= 0.3 is 0 Å². The van der Waals surface area contributed by atoms with E-state index in [1.54, 1.807) is 17.5 Å². The lowest BCUT2D eigenvalue weighted by molar-refractivity contribution is 1.12. The van der Waals surface area contributed by atoms with Crippen molar-refractivity contribution in [3.8, 4) is 0 Å². The van der Waals surface area contributed by atoms with E-state index >= 15 is 0 Å². The van der Waals surface area contributed by atoms with Crippen molar-refractivity contribution in [2.75, 3.05) is 17.7 Å². The number of hydrogen-bond acceptors (Lipinski definition) is 4. The van der Waals surface area contributed by atoms with E-state index in [0.717, 1.165) is 20.9 Å². The first kappa shape index (κ1) is 11.4. The molecule has 0 amide bonds. The summed E-state index contributed by atoms with van der Waals surface area (Å²) in [6.45, 7) is 2.01. The average Bonchev–Trinajstić information content (AvgIpc) is 2.64. The highest BCUT2D eigenvalue weighted by atomic mass is 79.9. The van der Waals surface area contributed by atoms with E-state index in [1.807, 2.05) is 20.0 Å². The maximum atomic E-state index is 5.68. The zero-order valence-electron chi connectivity index (χ0n) is 9.07. The second kappa shape index (κ2) is 4.43. The molecule has 2 aromatic heterocycles. The molecule has 2 aromatic rings. The summed E-state index contributed by atoms with van der Waals surface area (Å²) in [4.78, 5) is 6.42. The number of pyridine rings is 1. The molecule has 2 N–H and O–H groups in total. The molecule has 2 heterocycles. The molecule has 0 unspecified atom stereocenters. The topological polar surface area (TPSA) is 42.1 Å². The van der Waals surface area contributed by atoms with Gasteiger partial charge in [0, 0.05) is 16.9 Å². The van der Waals surface area contributed by atoms with Crippen LogP contribution in [-0.4, -0.2) is 12.0 Å². The van der Waals surface area contributed by atoms with Gasteiger partial charge in [-0.05, 0) is 40.5 Å². The average molecular weight is 298 g/mol. The minimum atomic E-state index is 0.696. The first-order valence-electron chi connectivity index (χ1n) is 4.78. The zero-order chi connectivity index (χ0) is 11.7. The smallest absolute Gasteiger partial charge is 0.136 e. The molecule has 0 aliphatic heterocycles. The number of anilines is 3. The predicted octanol–water partition coefficient (Wildman–Crippen LogP) is 3.56. The van der Waals surface area contributed by atoms with E-state index < -0.39 is 0 Å². The van der Waals surface area contributed by atoms with Crippen molar-refractivity contribution >= 4 is 43.8 Å². The molecule has 0 atom stereocenters. The summed E-state index contributed by atoms with van der Waals surface area (Å²) >= 11 is 5.12. The highest BCUT2D eigenvalue weighted by Crippen LogP contribution is 2.32. The molecule has 0 aliphatic rings. The summed E-state index contributed by atoms with van der Waals surface area (Å²) in [5.74, 6) is 0.934. The van der Waals surface area contributed by atoms with Crippen LogP contribution in [0, 0.1) is 6.92 Å². The van der Waals surface area contributed by atoms with E-state index in [9.17, 15) is 0 Å². The number of nitrogen functional groups attached to an aromatic ring is 1. The molecule has 0 radical (unpaired) electrons. The number of aromatic nitrogens is 1. The molecule has 16 heavy (non-hydrogen) atoms. The van der Waals surface area contributed by atoms with Crippen LogP contribution < -0.4 is 10.6 Å². The van der Waals surface area contributed by atoms with Gasteiger partial charge in [0.25, 0.3) is 0 Å². The molecule has 0 saturated carbocycles. The predicted molar refractivity (Wildman–Crippen MR) is 73.5 cm³/mol. The summed E-state index contributed by atoms with van der Waals surface area (Å²) in [5, 5.41) is 3.20. The van der Waals surface area contributed by atoms with Crippen LogP contribution in [0.15, 0.2) is 28.2 Å². The van der Waals surface area contributed by atoms with E-state index in [-0.39, 0.29) is 0 Å². The van der Waals surface area contributed by atoms with Gasteiger partial charge in [0.1, 0.15) is 5.82 Å². The fourth-order valence-corrected chi connectivity index (χ4v) is 2.91. The van der Waals surface area contributed by atoms with Crippen molar-refractivity contribution in [3.63, 3.8) is 0 Å². The number of thiophene rings is 1. The molecule has 3 nitrogen and oxygen atoms in total. The second-order valence-electron chi connectivity index (χ2n) is 3.57. The van der Waals surface area contributed by atoms with Gasteiger partial charge in [-0.15, -0.1) is 11.3 Å². The molecule has 0 bridgehead atoms. The van der Waals surface area contributed by atoms with E-state index in [4.69, 9.17) is 5.73 Å². The molecule has 0 spiro atoms. The Bertz CT molecular complexity index is 510. The van der Waals surface area contributed by atoms with E-state index in [1.165, 1.54) is 0 Å². The fraction of sp³-hybridized carbons (Fsp3) is 0.182. The Morgan fingerprint density at radius 3 is 2.75 bits per heavy atom. The Labute approximate surface area is 107 Å². The van der Waals surface area contributed by atoms with Crippen LogP contribution in [0.2, 0.25) is 0 Å². The van der Waals surface area contributed by atoms with Crippen molar-refractivity contribution in [3.05, 3.63) is 33.7 Å². The van der Waals surface area contributed by atoms with Crippen molar-refractivity contribution in [1.82, 2.24) is 4.98 Å². The maximum absolute atomic E-state index is 5.68. The van der Waals surface area contributed by atoms with Gasteiger partial charge in [0.2, 0.25) is 0 Å². The fourth-order valence-electron chi connectivity index (χ4n) is 1.52. The first-order valence-corrected chi connectivity index (χ1v) is 6.45. The van der Waals surface area contributed by atoms with Gasteiger partial charge < -0.3 is 10.6 Å². The van der Waals surface area contributed by atoms with Crippen LogP contribution in [0.4, 0.5) is 16.5 Å². The standard InChI is InChI=1S/C11H12BrN3S/c1-7-3-9(13)5-14-11(7)15(2)10-4-8(12)6-16-10/h3-6H,13H2,1-2H3. The molecule has 2 rings (SSSR count). The van der Waals surface area contributed by atoms with Crippen LogP contribution in [0.3, 0.4) is 0 Å². The summed E-state index contributed by atoms with van der Waals surface area (Å²) < 4.78 is 1.09. The summed E-state index contributed by atoms with van der Waals surface area (Å²) in [7, 11) is 2.00. The minimum absolute atomic E-state index is 0.696. The van der Waals surface area contributed by atoms with Crippen molar-refractivity contribution in [2.24, 2.45) is 0 Å². The van der Waals surface area contributed by atoms with Crippen LogP contribution >= 0.6 is 27.3 Å². The second-order valence-corrected chi connectivity index (χ2v) is 5.38. The molecule has 84 valence electrons. The number of rotatable bonds is 2. The van der Waals surface area contributed by atoms with Gasteiger partial charge in [0.15, 0.2) is 0 Å². The van der Waals surface area contributed by atoms with Crippen LogP contribution in [0.25, 0.3) is 0 Å². The van der Waals surface area contributed by atoms with Gasteiger partial charge in [-0.1, -0.05) is 0 Å². The number of hydrogen-bond donors (Lipinski definition) is 1. The van der Waals surface area contributed by atoms with Gasteiger partial charge in [-0.2, -0.15) is 0 Å². The normalized spacial score (nSPS) is 10.4. The Morgan fingerprint density at radius 1 is 1.44 bits per heavy atom. The molecular formula is C11H12BrN3S. The number of nitrogens with zero attached hydrogens (tertiary/aromatic N) is 2.